The molecule has 2 heterocycles. The molecule has 0 bridgehead atoms. The molecule has 2 saturated heterocycles. The van der Waals surface area contributed by atoms with Gasteiger partial charge in [-0.2, -0.15) is 12.6 Å². The molecule has 2 rings (SSSR count). The third kappa shape index (κ3) is 5.85. The number of hydrogen-bond donors (Lipinski definition) is 5. The van der Waals surface area contributed by atoms with E-state index in [4.69, 9.17) is 0 Å². The lowest BCUT2D eigenvalue weighted by Crippen LogP contribution is -2.57. The second-order valence-corrected chi connectivity index (χ2v) is 8.16. The van der Waals surface area contributed by atoms with Gasteiger partial charge < -0.3 is 26.0 Å². The van der Waals surface area contributed by atoms with Crippen LogP contribution in [0.4, 0.5) is 0 Å². The Labute approximate surface area is 176 Å². The number of aliphatic carboxylic acids is 1. The number of carboxylic acids is 1. The Morgan fingerprint density at radius 2 is 1.93 bits per heavy atom. The molecule has 2 fully saturated rings. The van der Waals surface area contributed by atoms with E-state index in [9.17, 15) is 24.3 Å². The lowest BCUT2D eigenvalue weighted by atomic mass is 9.99. The standard InChI is InChI=1S/C19H32N4O5S/c1-3-11(2)15(19(27)28)22-16(24)13(10-29)21-17(25)14-7-5-9-23(14)18(26)12-6-4-8-20-12/h11-15,20,29H,3-10H2,1-2H3,(H,21,25)(H,22,24)(H,27,28). The second-order valence-electron chi connectivity index (χ2n) is 7.79. The molecule has 3 amide bonds. The first-order chi connectivity index (χ1) is 13.8. The van der Waals surface area contributed by atoms with Crippen molar-refractivity contribution in [1.29, 1.82) is 0 Å². The fraction of sp³-hybridized carbons (Fsp3) is 0.789. The molecule has 10 heteroatoms. The van der Waals surface area contributed by atoms with Crippen LogP contribution in [0.15, 0.2) is 0 Å². The number of rotatable bonds is 9. The number of hydrogen-bond acceptors (Lipinski definition) is 6. The minimum atomic E-state index is -1.12. The number of likely N-dealkylation sites (tertiary alicyclic amines) is 1. The van der Waals surface area contributed by atoms with Gasteiger partial charge in [0.25, 0.3) is 0 Å². The summed E-state index contributed by atoms with van der Waals surface area (Å²) >= 11 is 4.14. The Hall–Kier alpha value is -1.81. The largest absolute Gasteiger partial charge is 0.480 e. The Bertz CT molecular complexity index is 626. The van der Waals surface area contributed by atoms with Gasteiger partial charge in [0.2, 0.25) is 17.7 Å². The molecule has 0 saturated carbocycles. The number of carbonyl (C=O) groups excluding carboxylic acids is 3. The zero-order valence-corrected chi connectivity index (χ0v) is 17.9. The number of carbonyl (C=O) groups is 4. The van der Waals surface area contributed by atoms with Crippen LogP contribution in [0.1, 0.15) is 46.0 Å². The van der Waals surface area contributed by atoms with Crippen LogP contribution in [0.2, 0.25) is 0 Å². The van der Waals surface area contributed by atoms with E-state index < -0.39 is 35.9 Å². The molecule has 0 aliphatic carbocycles. The highest BCUT2D eigenvalue weighted by Gasteiger charge is 2.39. The third-order valence-corrected chi connectivity index (χ3v) is 6.15. The van der Waals surface area contributed by atoms with E-state index >= 15 is 0 Å². The third-order valence-electron chi connectivity index (χ3n) is 5.79. The van der Waals surface area contributed by atoms with Crippen molar-refractivity contribution in [2.75, 3.05) is 18.8 Å². The van der Waals surface area contributed by atoms with Crippen molar-refractivity contribution in [3.63, 3.8) is 0 Å². The molecule has 2 aliphatic heterocycles. The van der Waals surface area contributed by atoms with Gasteiger partial charge in [0.1, 0.15) is 18.1 Å². The molecular weight excluding hydrogens is 396 g/mol. The second kappa shape index (κ2) is 10.8. The van der Waals surface area contributed by atoms with Gasteiger partial charge in [-0.05, 0) is 38.1 Å². The van der Waals surface area contributed by atoms with Crippen molar-refractivity contribution in [2.45, 2.75) is 70.1 Å². The Morgan fingerprint density at radius 3 is 2.48 bits per heavy atom. The highest BCUT2D eigenvalue weighted by molar-refractivity contribution is 7.80. The molecule has 5 atom stereocenters. The van der Waals surface area contributed by atoms with Crippen molar-refractivity contribution in [1.82, 2.24) is 20.9 Å². The van der Waals surface area contributed by atoms with Crippen molar-refractivity contribution < 1.29 is 24.3 Å². The van der Waals surface area contributed by atoms with Crippen LogP contribution in [-0.2, 0) is 19.2 Å². The van der Waals surface area contributed by atoms with Crippen LogP contribution in [0, 0.1) is 5.92 Å². The zero-order chi connectivity index (χ0) is 21.6. The van der Waals surface area contributed by atoms with Crippen molar-refractivity contribution in [3.8, 4) is 0 Å². The molecule has 9 nitrogen and oxygen atoms in total. The summed E-state index contributed by atoms with van der Waals surface area (Å²) < 4.78 is 0. The molecule has 0 radical (unpaired) electrons. The van der Waals surface area contributed by atoms with Gasteiger partial charge in [-0.15, -0.1) is 0 Å². The summed E-state index contributed by atoms with van der Waals surface area (Å²) in [5.74, 6) is -2.42. The van der Waals surface area contributed by atoms with Crippen molar-refractivity contribution in [3.05, 3.63) is 0 Å². The van der Waals surface area contributed by atoms with Crippen LogP contribution in [0.5, 0.6) is 0 Å². The fourth-order valence-electron chi connectivity index (χ4n) is 3.80. The molecule has 5 unspecified atom stereocenters. The maximum atomic E-state index is 12.8. The first-order valence-corrected chi connectivity index (χ1v) is 10.9. The highest BCUT2D eigenvalue weighted by Crippen LogP contribution is 2.21. The summed E-state index contributed by atoms with van der Waals surface area (Å²) in [7, 11) is 0. The number of carboxylic acid groups (broad SMARTS) is 1. The average Bonchev–Trinajstić information content (AvgIpc) is 3.40. The maximum absolute atomic E-state index is 12.8. The predicted octanol–water partition coefficient (Wildman–Crippen LogP) is -0.240. The van der Waals surface area contributed by atoms with E-state index in [1.165, 1.54) is 0 Å². The molecule has 0 spiro atoms. The van der Waals surface area contributed by atoms with Gasteiger partial charge in [-0.3, -0.25) is 14.4 Å². The SMILES string of the molecule is CCC(C)C(NC(=O)C(CS)NC(=O)C1CCCN1C(=O)C1CCCN1)C(=O)O. The summed E-state index contributed by atoms with van der Waals surface area (Å²) in [6.45, 7) is 4.90. The number of thiol groups is 1. The summed E-state index contributed by atoms with van der Waals surface area (Å²) in [6.07, 6.45) is 3.55. The van der Waals surface area contributed by atoms with Crippen LogP contribution in [-0.4, -0.2) is 76.7 Å². The number of amides is 3. The van der Waals surface area contributed by atoms with E-state index in [1.807, 2.05) is 6.92 Å². The topological polar surface area (TPSA) is 128 Å². The normalized spacial score (nSPS) is 24.6. The zero-order valence-electron chi connectivity index (χ0n) is 17.0. The van der Waals surface area contributed by atoms with Crippen LogP contribution < -0.4 is 16.0 Å². The average molecular weight is 429 g/mol. The van der Waals surface area contributed by atoms with Crippen molar-refractivity contribution in [2.24, 2.45) is 5.92 Å². The van der Waals surface area contributed by atoms with E-state index in [2.05, 4.69) is 28.6 Å². The van der Waals surface area contributed by atoms with Gasteiger partial charge in [0.05, 0.1) is 6.04 Å². The van der Waals surface area contributed by atoms with Gasteiger partial charge in [0, 0.05) is 12.3 Å². The van der Waals surface area contributed by atoms with E-state index in [1.54, 1.807) is 11.8 Å². The molecule has 0 aromatic rings. The van der Waals surface area contributed by atoms with Crippen LogP contribution in [0.3, 0.4) is 0 Å². The van der Waals surface area contributed by atoms with Gasteiger partial charge >= 0.3 is 5.97 Å². The molecule has 29 heavy (non-hydrogen) atoms. The van der Waals surface area contributed by atoms with E-state index in [0.29, 0.717) is 19.4 Å². The molecule has 0 aromatic heterocycles. The lowest BCUT2D eigenvalue weighted by Gasteiger charge is -2.28. The van der Waals surface area contributed by atoms with E-state index in [0.717, 1.165) is 25.8 Å². The van der Waals surface area contributed by atoms with Gasteiger partial charge in [0.15, 0.2) is 0 Å². The number of nitrogens with zero attached hydrogens (tertiary/aromatic N) is 1. The Morgan fingerprint density at radius 1 is 1.21 bits per heavy atom. The lowest BCUT2D eigenvalue weighted by molar-refractivity contribution is -0.144. The summed E-state index contributed by atoms with van der Waals surface area (Å²) in [6, 6.07) is -2.88. The molecule has 164 valence electrons. The summed E-state index contributed by atoms with van der Waals surface area (Å²) in [5.41, 5.74) is 0. The highest BCUT2D eigenvalue weighted by atomic mass is 32.1. The fourth-order valence-corrected chi connectivity index (χ4v) is 4.05. The van der Waals surface area contributed by atoms with E-state index in [-0.39, 0.29) is 23.6 Å². The van der Waals surface area contributed by atoms with Gasteiger partial charge in [-0.25, -0.2) is 4.79 Å². The first-order valence-electron chi connectivity index (χ1n) is 10.3. The monoisotopic (exact) mass is 428 g/mol. The maximum Gasteiger partial charge on any atom is 0.326 e. The van der Waals surface area contributed by atoms with Gasteiger partial charge in [-0.1, -0.05) is 20.3 Å². The predicted molar refractivity (Wildman–Crippen MR) is 111 cm³/mol. The smallest absolute Gasteiger partial charge is 0.326 e. The Kier molecular flexibility index (Phi) is 8.76. The molecule has 0 aromatic carbocycles. The molecular formula is C19H32N4O5S. The summed E-state index contributed by atoms with van der Waals surface area (Å²) in [4.78, 5) is 51.1. The van der Waals surface area contributed by atoms with Crippen LogP contribution >= 0.6 is 12.6 Å². The van der Waals surface area contributed by atoms with Crippen molar-refractivity contribution >= 4 is 36.3 Å². The Balaban J connectivity index is 1.99. The minimum Gasteiger partial charge on any atom is -0.480 e. The number of nitrogens with one attached hydrogen (secondary N) is 3. The molecule has 2 aliphatic rings. The minimum absolute atomic E-state index is 0.0231. The summed E-state index contributed by atoms with van der Waals surface area (Å²) in [5, 5.41) is 17.7. The molecule has 4 N–H and O–H groups in total. The quantitative estimate of drug-likeness (QED) is 0.323. The first kappa shape index (κ1) is 23.5. The van der Waals surface area contributed by atoms with Crippen LogP contribution in [0.25, 0.3) is 0 Å².